The third-order valence-electron chi connectivity index (χ3n) is 4.17. The fourth-order valence-corrected chi connectivity index (χ4v) is 2.53. The SMILES string of the molecule is CCC(CC)(CN)C(=O)NCc1cccc(CN(C)C)c1.Cl.Cl. The minimum absolute atomic E-state index is 0. The van der Waals surface area contributed by atoms with Gasteiger partial charge in [0.15, 0.2) is 0 Å². The first-order chi connectivity index (χ1) is 9.97. The Balaban J connectivity index is 0. The molecule has 0 unspecified atom stereocenters. The van der Waals surface area contributed by atoms with E-state index in [1.807, 2.05) is 40.1 Å². The zero-order valence-corrected chi connectivity index (χ0v) is 16.2. The number of benzene rings is 1. The highest BCUT2D eigenvalue weighted by Gasteiger charge is 2.32. The summed E-state index contributed by atoms with van der Waals surface area (Å²) in [5, 5.41) is 3.04. The van der Waals surface area contributed by atoms with Gasteiger partial charge < -0.3 is 16.0 Å². The van der Waals surface area contributed by atoms with Crippen LogP contribution in [0.1, 0.15) is 37.8 Å². The summed E-state index contributed by atoms with van der Waals surface area (Å²) in [6, 6.07) is 8.33. The first-order valence-electron chi connectivity index (χ1n) is 7.68. The summed E-state index contributed by atoms with van der Waals surface area (Å²) in [6.07, 6.45) is 1.54. The lowest BCUT2D eigenvalue weighted by atomic mass is 9.81. The lowest BCUT2D eigenvalue weighted by molar-refractivity contribution is -0.131. The molecule has 1 aromatic carbocycles. The average Bonchev–Trinajstić information content (AvgIpc) is 2.47. The van der Waals surface area contributed by atoms with Gasteiger partial charge in [0.05, 0.1) is 5.41 Å². The molecule has 6 heteroatoms. The molecular weight excluding hydrogens is 333 g/mol. The summed E-state index contributed by atoms with van der Waals surface area (Å²) in [6.45, 7) is 5.90. The number of nitrogens with zero attached hydrogens (tertiary/aromatic N) is 1. The topological polar surface area (TPSA) is 58.4 Å². The van der Waals surface area contributed by atoms with Crippen molar-refractivity contribution in [3.8, 4) is 0 Å². The number of hydrogen-bond acceptors (Lipinski definition) is 3. The minimum atomic E-state index is -0.429. The highest BCUT2D eigenvalue weighted by molar-refractivity contribution is 5.85. The van der Waals surface area contributed by atoms with Gasteiger partial charge in [0, 0.05) is 19.6 Å². The summed E-state index contributed by atoms with van der Waals surface area (Å²) in [7, 11) is 4.10. The molecule has 3 N–H and O–H groups in total. The van der Waals surface area contributed by atoms with Gasteiger partial charge in [-0.3, -0.25) is 4.79 Å². The van der Waals surface area contributed by atoms with E-state index >= 15 is 0 Å². The normalized spacial score (nSPS) is 10.7. The Hall–Kier alpha value is -0.810. The van der Waals surface area contributed by atoms with Crippen LogP contribution in [0.4, 0.5) is 0 Å². The van der Waals surface area contributed by atoms with Crippen LogP contribution < -0.4 is 11.1 Å². The van der Waals surface area contributed by atoms with Crippen LogP contribution in [0.25, 0.3) is 0 Å². The van der Waals surface area contributed by atoms with Crippen molar-refractivity contribution in [1.29, 1.82) is 0 Å². The lowest BCUT2D eigenvalue weighted by Gasteiger charge is -2.28. The molecule has 0 heterocycles. The van der Waals surface area contributed by atoms with E-state index in [0.29, 0.717) is 13.1 Å². The highest BCUT2D eigenvalue weighted by Crippen LogP contribution is 2.25. The molecule has 0 aliphatic heterocycles. The Morgan fingerprint density at radius 1 is 1.17 bits per heavy atom. The smallest absolute Gasteiger partial charge is 0.227 e. The van der Waals surface area contributed by atoms with E-state index in [9.17, 15) is 4.79 Å². The van der Waals surface area contributed by atoms with Gasteiger partial charge in [0.1, 0.15) is 0 Å². The zero-order valence-electron chi connectivity index (χ0n) is 14.6. The van der Waals surface area contributed by atoms with Gasteiger partial charge in [-0.2, -0.15) is 0 Å². The van der Waals surface area contributed by atoms with Crippen molar-refractivity contribution in [2.24, 2.45) is 11.1 Å². The molecule has 23 heavy (non-hydrogen) atoms. The fourth-order valence-electron chi connectivity index (χ4n) is 2.53. The number of carbonyl (C=O) groups excluding carboxylic acids is 1. The first-order valence-corrected chi connectivity index (χ1v) is 7.68. The van der Waals surface area contributed by atoms with Crippen LogP contribution in [0.5, 0.6) is 0 Å². The summed E-state index contributed by atoms with van der Waals surface area (Å²) in [4.78, 5) is 14.5. The van der Waals surface area contributed by atoms with Gasteiger partial charge in [-0.15, -0.1) is 24.8 Å². The Bertz CT molecular complexity index is 455. The van der Waals surface area contributed by atoms with Crippen molar-refractivity contribution in [2.45, 2.75) is 39.8 Å². The van der Waals surface area contributed by atoms with Gasteiger partial charge in [0.25, 0.3) is 0 Å². The van der Waals surface area contributed by atoms with Crippen LogP contribution in [0.3, 0.4) is 0 Å². The van der Waals surface area contributed by atoms with Gasteiger partial charge in [-0.1, -0.05) is 38.1 Å². The van der Waals surface area contributed by atoms with Crippen molar-refractivity contribution in [1.82, 2.24) is 10.2 Å². The molecule has 0 aromatic heterocycles. The van der Waals surface area contributed by atoms with Gasteiger partial charge in [-0.25, -0.2) is 0 Å². The number of rotatable bonds is 8. The maximum Gasteiger partial charge on any atom is 0.227 e. The first kappa shape index (κ1) is 24.4. The fraction of sp³-hybridized carbons (Fsp3) is 0.588. The molecule has 0 saturated heterocycles. The largest absolute Gasteiger partial charge is 0.352 e. The number of amides is 1. The quantitative estimate of drug-likeness (QED) is 0.746. The predicted octanol–water partition coefficient (Wildman–Crippen LogP) is 2.97. The minimum Gasteiger partial charge on any atom is -0.352 e. The van der Waals surface area contributed by atoms with E-state index in [0.717, 1.165) is 24.9 Å². The van der Waals surface area contributed by atoms with Crippen molar-refractivity contribution in [2.75, 3.05) is 20.6 Å². The zero-order chi connectivity index (χ0) is 15.9. The van der Waals surface area contributed by atoms with Crippen molar-refractivity contribution in [3.63, 3.8) is 0 Å². The van der Waals surface area contributed by atoms with Crippen LogP contribution in [-0.2, 0) is 17.9 Å². The second kappa shape index (κ2) is 11.7. The second-order valence-electron chi connectivity index (χ2n) is 5.93. The molecule has 0 aliphatic carbocycles. The third kappa shape index (κ3) is 7.08. The number of carbonyl (C=O) groups is 1. The van der Waals surface area contributed by atoms with E-state index in [-0.39, 0.29) is 30.7 Å². The summed E-state index contributed by atoms with van der Waals surface area (Å²) >= 11 is 0. The van der Waals surface area contributed by atoms with Crippen LogP contribution >= 0.6 is 24.8 Å². The van der Waals surface area contributed by atoms with Crippen LogP contribution in [-0.4, -0.2) is 31.4 Å². The number of nitrogens with two attached hydrogens (primary N) is 1. The summed E-state index contributed by atoms with van der Waals surface area (Å²) < 4.78 is 0. The molecule has 0 aliphatic rings. The standard InChI is InChI=1S/C17H29N3O.2ClH/c1-5-17(6-2,13-18)16(21)19-11-14-8-7-9-15(10-14)12-20(3)4;;/h7-10H,5-6,11-13,18H2,1-4H3,(H,19,21);2*1H. The number of halogens is 2. The van der Waals surface area contributed by atoms with Crippen LogP contribution in [0.15, 0.2) is 24.3 Å². The third-order valence-corrected chi connectivity index (χ3v) is 4.17. The summed E-state index contributed by atoms with van der Waals surface area (Å²) in [5.41, 5.74) is 7.76. The van der Waals surface area contributed by atoms with Crippen LogP contribution in [0, 0.1) is 5.41 Å². The Morgan fingerprint density at radius 3 is 2.22 bits per heavy atom. The molecule has 4 nitrogen and oxygen atoms in total. The molecule has 0 radical (unpaired) electrons. The van der Waals surface area contributed by atoms with Gasteiger partial charge in [0.2, 0.25) is 5.91 Å². The van der Waals surface area contributed by atoms with Gasteiger partial charge >= 0.3 is 0 Å². The highest BCUT2D eigenvalue weighted by atomic mass is 35.5. The lowest BCUT2D eigenvalue weighted by Crippen LogP contribution is -2.45. The van der Waals surface area contributed by atoms with E-state index < -0.39 is 5.41 Å². The maximum absolute atomic E-state index is 12.4. The van der Waals surface area contributed by atoms with Crippen molar-refractivity contribution >= 4 is 30.7 Å². The van der Waals surface area contributed by atoms with Crippen LogP contribution in [0.2, 0.25) is 0 Å². The van der Waals surface area contributed by atoms with E-state index in [1.165, 1.54) is 5.56 Å². The second-order valence-corrected chi connectivity index (χ2v) is 5.93. The van der Waals surface area contributed by atoms with Gasteiger partial charge in [-0.05, 0) is 38.1 Å². The molecule has 0 spiro atoms. The molecular formula is C17H31Cl2N3O. The molecule has 0 atom stereocenters. The van der Waals surface area contributed by atoms with Crippen molar-refractivity contribution < 1.29 is 4.79 Å². The predicted molar refractivity (Wildman–Crippen MR) is 102 cm³/mol. The Morgan fingerprint density at radius 2 is 1.74 bits per heavy atom. The average molecular weight is 364 g/mol. The molecule has 0 bridgehead atoms. The number of hydrogen-bond donors (Lipinski definition) is 2. The molecule has 1 rings (SSSR count). The molecule has 0 fully saturated rings. The molecule has 1 aromatic rings. The van der Waals surface area contributed by atoms with Crippen molar-refractivity contribution in [3.05, 3.63) is 35.4 Å². The van der Waals surface area contributed by atoms with E-state index in [4.69, 9.17) is 5.73 Å². The number of nitrogens with one attached hydrogen (secondary N) is 1. The molecule has 1 amide bonds. The van der Waals surface area contributed by atoms with E-state index in [1.54, 1.807) is 0 Å². The summed E-state index contributed by atoms with van der Waals surface area (Å²) in [5.74, 6) is 0.0630. The molecule has 0 saturated carbocycles. The Labute approximate surface area is 153 Å². The monoisotopic (exact) mass is 363 g/mol. The maximum atomic E-state index is 12.4. The molecule has 134 valence electrons. The Kier molecular flexibility index (Phi) is 12.4. The van der Waals surface area contributed by atoms with E-state index in [2.05, 4.69) is 22.3 Å².